The predicted octanol–water partition coefficient (Wildman–Crippen LogP) is 2.14. The minimum atomic E-state index is -3.12. The van der Waals surface area contributed by atoms with Crippen LogP contribution in [0.4, 0.5) is 5.69 Å². The summed E-state index contributed by atoms with van der Waals surface area (Å²) in [6, 6.07) is 12.6. The lowest BCUT2D eigenvalue weighted by molar-refractivity contribution is 0.602. The Hall–Kier alpha value is -1.88. The SMILES string of the molecule is CS(=O)(=O)c1ccc(NCCc2ccccn2)cc1. The van der Waals surface area contributed by atoms with Gasteiger partial charge < -0.3 is 5.32 Å². The summed E-state index contributed by atoms with van der Waals surface area (Å²) in [5, 5.41) is 3.24. The Morgan fingerprint density at radius 1 is 1.11 bits per heavy atom. The van der Waals surface area contributed by atoms with Crippen LogP contribution in [0.15, 0.2) is 53.6 Å². The Kier molecular flexibility index (Phi) is 4.16. The molecule has 2 aromatic rings. The highest BCUT2D eigenvalue weighted by Crippen LogP contribution is 2.13. The van der Waals surface area contributed by atoms with Crippen molar-refractivity contribution >= 4 is 15.5 Å². The molecular formula is C14H16N2O2S. The Bertz CT molecular complexity index is 622. The quantitative estimate of drug-likeness (QED) is 0.909. The molecule has 0 unspecified atom stereocenters. The molecular weight excluding hydrogens is 260 g/mol. The van der Waals surface area contributed by atoms with Gasteiger partial charge >= 0.3 is 0 Å². The lowest BCUT2D eigenvalue weighted by atomic mass is 10.2. The third-order valence-electron chi connectivity index (χ3n) is 2.72. The van der Waals surface area contributed by atoms with Gasteiger partial charge in [-0.2, -0.15) is 0 Å². The molecule has 1 aromatic carbocycles. The molecule has 0 saturated carbocycles. The molecule has 1 aromatic heterocycles. The van der Waals surface area contributed by atoms with Gasteiger partial charge in [0.15, 0.2) is 9.84 Å². The number of benzene rings is 1. The van der Waals surface area contributed by atoms with Gasteiger partial charge in [-0.25, -0.2) is 8.42 Å². The first kappa shape index (κ1) is 13.5. The fourth-order valence-corrected chi connectivity index (χ4v) is 2.33. The Balaban J connectivity index is 1.90. The summed E-state index contributed by atoms with van der Waals surface area (Å²) in [7, 11) is -3.12. The van der Waals surface area contributed by atoms with Crippen molar-refractivity contribution in [1.29, 1.82) is 0 Å². The standard InChI is InChI=1S/C14H16N2O2S/c1-19(17,18)14-7-5-13(6-8-14)16-11-9-12-4-2-3-10-15-12/h2-8,10,16H,9,11H2,1H3. The lowest BCUT2D eigenvalue weighted by Gasteiger charge is -2.06. The molecule has 1 N–H and O–H groups in total. The monoisotopic (exact) mass is 276 g/mol. The fraction of sp³-hybridized carbons (Fsp3) is 0.214. The second kappa shape index (κ2) is 5.84. The maximum absolute atomic E-state index is 11.3. The molecule has 100 valence electrons. The average molecular weight is 276 g/mol. The zero-order chi connectivity index (χ0) is 13.7. The first-order valence-corrected chi connectivity index (χ1v) is 7.89. The lowest BCUT2D eigenvalue weighted by Crippen LogP contribution is -2.06. The van der Waals surface area contributed by atoms with Crippen LogP contribution in [0.3, 0.4) is 0 Å². The van der Waals surface area contributed by atoms with Gasteiger partial charge in [0, 0.05) is 36.8 Å². The molecule has 4 nitrogen and oxygen atoms in total. The summed E-state index contributed by atoms with van der Waals surface area (Å²) < 4.78 is 22.6. The van der Waals surface area contributed by atoms with Crippen LogP contribution in [0.2, 0.25) is 0 Å². The first-order chi connectivity index (χ1) is 9.05. The summed E-state index contributed by atoms with van der Waals surface area (Å²) in [6.07, 6.45) is 3.81. The van der Waals surface area contributed by atoms with Crippen LogP contribution in [-0.2, 0) is 16.3 Å². The van der Waals surface area contributed by atoms with Crippen molar-refractivity contribution in [2.45, 2.75) is 11.3 Å². The average Bonchev–Trinajstić information content (AvgIpc) is 2.39. The van der Waals surface area contributed by atoms with Crippen molar-refractivity contribution in [1.82, 2.24) is 4.98 Å². The van der Waals surface area contributed by atoms with Gasteiger partial charge in [0.1, 0.15) is 0 Å². The molecule has 0 radical (unpaired) electrons. The van der Waals surface area contributed by atoms with E-state index >= 15 is 0 Å². The van der Waals surface area contributed by atoms with E-state index < -0.39 is 9.84 Å². The number of rotatable bonds is 5. The van der Waals surface area contributed by atoms with Gasteiger partial charge in [0.05, 0.1) is 4.90 Å². The molecule has 0 saturated heterocycles. The van der Waals surface area contributed by atoms with E-state index in [4.69, 9.17) is 0 Å². The zero-order valence-electron chi connectivity index (χ0n) is 10.7. The number of anilines is 1. The molecule has 19 heavy (non-hydrogen) atoms. The van der Waals surface area contributed by atoms with E-state index in [0.29, 0.717) is 4.90 Å². The van der Waals surface area contributed by atoms with Gasteiger partial charge in [-0.1, -0.05) is 6.07 Å². The van der Waals surface area contributed by atoms with Gasteiger partial charge in [-0.15, -0.1) is 0 Å². The highest BCUT2D eigenvalue weighted by Gasteiger charge is 2.05. The van der Waals surface area contributed by atoms with Crippen molar-refractivity contribution in [3.05, 3.63) is 54.4 Å². The summed E-state index contributed by atoms with van der Waals surface area (Å²) in [5.74, 6) is 0. The molecule has 0 amide bonds. The molecule has 2 rings (SSSR count). The van der Waals surface area contributed by atoms with E-state index in [0.717, 1.165) is 24.3 Å². The smallest absolute Gasteiger partial charge is 0.175 e. The number of aromatic nitrogens is 1. The van der Waals surface area contributed by atoms with Gasteiger partial charge in [-0.05, 0) is 36.4 Å². The second-order valence-corrected chi connectivity index (χ2v) is 6.31. The molecule has 0 aliphatic carbocycles. The molecule has 0 fully saturated rings. The number of hydrogen-bond acceptors (Lipinski definition) is 4. The van der Waals surface area contributed by atoms with E-state index in [1.54, 1.807) is 30.5 Å². The molecule has 5 heteroatoms. The van der Waals surface area contributed by atoms with Gasteiger partial charge in [0.2, 0.25) is 0 Å². The second-order valence-electron chi connectivity index (χ2n) is 4.29. The van der Waals surface area contributed by atoms with Crippen molar-refractivity contribution in [3.8, 4) is 0 Å². The summed E-state index contributed by atoms with van der Waals surface area (Å²) in [6.45, 7) is 0.759. The minimum absolute atomic E-state index is 0.336. The summed E-state index contributed by atoms with van der Waals surface area (Å²) in [4.78, 5) is 4.57. The van der Waals surface area contributed by atoms with Crippen LogP contribution in [-0.4, -0.2) is 26.2 Å². The molecule has 0 aliphatic heterocycles. The third kappa shape index (κ3) is 4.06. The molecule has 0 bridgehead atoms. The van der Waals surface area contributed by atoms with Crippen molar-refractivity contribution < 1.29 is 8.42 Å². The van der Waals surface area contributed by atoms with Gasteiger partial charge in [-0.3, -0.25) is 4.98 Å². The van der Waals surface area contributed by atoms with E-state index in [9.17, 15) is 8.42 Å². The van der Waals surface area contributed by atoms with E-state index in [1.807, 2.05) is 18.2 Å². The predicted molar refractivity (Wildman–Crippen MR) is 76.0 cm³/mol. The Morgan fingerprint density at radius 3 is 2.42 bits per heavy atom. The van der Waals surface area contributed by atoms with E-state index in [-0.39, 0.29) is 0 Å². The van der Waals surface area contributed by atoms with Gasteiger partial charge in [0.25, 0.3) is 0 Å². The first-order valence-electron chi connectivity index (χ1n) is 5.99. The van der Waals surface area contributed by atoms with Crippen LogP contribution < -0.4 is 5.32 Å². The number of sulfone groups is 1. The van der Waals surface area contributed by atoms with Crippen molar-refractivity contribution in [2.75, 3.05) is 18.1 Å². The Morgan fingerprint density at radius 2 is 1.84 bits per heavy atom. The van der Waals surface area contributed by atoms with Crippen LogP contribution in [0.1, 0.15) is 5.69 Å². The normalized spacial score (nSPS) is 11.2. The molecule has 0 aliphatic rings. The van der Waals surface area contributed by atoms with E-state index in [2.05, 4.69) is 10.3 Å². The van der Waals surface area contributed by atoms with E-state index in [1.165, 1.54) is 6.26 Å². The summed E-state index contributed by atoms with van der Waals surface area (Å²) >= 11 is 0. The van der Waals surface area contributed by atoms with Crippen molar-refractivity contribution in [2.24, 2.45) is 0 Å². The highest BCUT2D eigenvalue weighted by atomic mass is 32.2. The van der Waals surface area contributed by atoms with Crippen LogP contribution in [0, 0.1) is 0 Å². The van der Waals surface area contributed by atoms with Crippen LogP contribution >= 0.6 is 0 Å². The molecule has 0 spiro atoms. The largest absolute Gasteiger partial charge is 0.385 e. The van der Waals surface area contributed by atoms with Crippen LogP contribution in [0.5, 0.6) is 0 Å². The Labute approximate surface area is 113 Å². The maximum atomic E-state index is 11.3. The topological polar surface area (TPSA) is 59.1 Å². The summed E-state index contributed by atoms with van der Waals surface area (Å²) in [5.41, 5.74) is 1.94. The maximum Gasteiger partial charge on any atom is 0.175 e. The van der Waals surface area contributed by atoms with Crippen molar-refractivity contribution in [3.63, 3.8) is 0 Å². The third-order valence-corrected chi connectivity index (χ3v) is 3.85. The number of hydrogen-bond donors (Lipinski definition) is 1. The number of nitrogens with zero attached hydrogens (tertiary/aromatic N) is 1. The molecule has 0 atom stereocenters. The highest BCUT2D eigenvalue weighted by molar-refractivity contribution is 7.90. The fourth-order valence-electron chi connectivity index (χ4n) is 1.70. The van der Waals surface area contributed by atoms with Crippen LogP contribution in [0.25, 0.3) is 0 Å². The minimum Gasteiger partial charge on any atom is -0.385 e. The zero-order valence-corrected chi connectivity index (χ0v) is 11.5. The molecule has 1 heterocycles. The number of nitrogens with one attached hydrogen (secondary N) is 1. The number of pyridine rings is 1.